The highest BCUT2D eigenvalue weighted by Gasteiger charge is 2.18. The lowest BCUT2D eigenvalue weighted by molar-refractivity contribution is 0.100. The molecule has 0 radical (unpaired) electrons. The van der Waals surface area contributed by atoms with Gasteiger partial charge in [-0.25, -0.2) is 0 Å². The number of nitrogen functional groups attached to an aromatic ring is 1. The number of hydrogen-bond acceptors (Lipinski definition) is 4. The Hall–Kier alpha value is -2.01. The van der Waals surface area contributed by atoms with Gasteiger partial charge in [-0.05, 0) is 36.6 Å². The Morgan fingerprint density at radius 1 is 1.37 bits per heavy atom. The van der Waals surface area contributed by atoms with E-state index in [1.807, 2.05) is 29.5 Å². The van der Waals surface area contributed by atoms with E-state index in [0.29, 0.717) is 11.3 Å². The second-order valence-electron chi connectivity index (χ2n) is 4.44. The first-order chi connectivity index (χ1) is 9.00. The molecule has 5 heteroatoms. The van der Waals surface area contributed by atoms with Crippen LogP contribution in [0.2, 0.25) is 0 Å². The second kappa shape index (κ2) is 5.32. The highest BCUT2D eigenvalue weighted by molar-refractivity contribution is 7.10. The first-order valence-corrected chi connectivity index (χ1v) is 6.84. The zero-order valence-corrected chi connectivity index (χ0v) is 11.8. The highest BCUT2D eigenvalue weighted by atomic mass is 32.1. The van der Waals surface area contributed by atoms with Crippen molar-refractivity contribution in [2.24, 2.45) is 5.73 Å². The van der Waals surface area contributed by atoms with Crippen molar-refractivity contribution in [2.75, 3.05) is 17.7 Å². The molecule has 0 fully saturated rings. The van der Waals surface area contributed by atoms with Crippen molar-refractivity contribution in [3.05, 3.63) is 46.2 Å². The smallest absolute Gasteiger partial charge is 0.250 e. The first kappa shape index (κ1) is 13.4. The zero-order chi connectivity index (χ0) is 14.0. The summed E-state index contributed by atoms with van der Waals surface area (Å²) in [7, 11) is 1.95. The van der Waals surface area contributed by atoms with Crippen molar-refractivity contribution in [2.45, 2.75) is 13.0 Å². The van der Waals surface area contributed by atoms with Gasteiger partial charge >= 0.3 is 0 Å². The van der Waals surface area contributed by atoms with E-state index < -0.39 is 5.91 Å². The van der Waals surface area contributed by atoms with Gasteiger partial charge in [-0.2, -0.15) is 0 Å². The molecule has 1 aromatic carbocycles. The molecule has 0 spiro atoms. The number of carbonyl (C=O) groups excluding carboxylic acids is 1. The normalized spacial score (nSPS) is 12.1. The van der Waals surface area contributed by atoms with Crippen molar-refractivity contribution >= 4 is 28.6 Å². The molecule has 1 heterocycles. The third kappa shape index (κ3) is 2.71. The summed E-state index contributed by atoms with van der Waals surface area (Å²) in [6.07, 6.45) is 0. The van der Waals surface area contributed by atoms with Crippen LogP contribution in [-0.2, 0) is 0 Å². The van der Waals surface area contributed by atoms with E-state index in [1.165, 1.54) is 4.88 Å². The Labute approximate surface area is 116 Å². The van der Waals surface area contributed by atoms with E-state index in [9.17, 15) is 4.79 Å². The molecule has 0 saturated heterocycles. The molecular weight excluding hydrogens is 258 g/mol. The van der Waals surface area contributed by atoms with Crippen molar-refractivity contribution in [1.82, 2.24) is 0 Å². The van der Waals surface area contributed by atoms with E-state index in [2.05, 4.69) is 13.0 Å². The van der Waals surface area contributed by atoms with Crippen LogP contribution >= 0.6 is 11.3 Å². The summed E-state index contributed by atoms with van der Waals surface area (Å²) in [5, 5.41) is 2.04. The maximum absolute atomic E-state index is 11.5. The van der Waals surface area contributed by atoms with Gasteiger partial charge in [0, 0.05) is 23.3 Å². The fourth-order valence-corrected chi connectivity index (χ4v) is 2.81. The molecule has 0 saturated carbocycles. The monoisotopic (exact) mass is 275 g/mol. The van der Waals surface area contributed by atoms with Crippen LogP contribution in [0.3, 0.4) is 0 Å². The fraction of sp³-hybridized carbons (Fsp3) is 0.214. The van der Waals surface area contributed by atoms with Crippen molar-refractivity contribution in [1.29, 1.82) is 0 Å². The number of nitrogens with zero attached hydrogens (tertiary/aromatic N) is 1. The number of hydrogen-bond donors (Lipinski definition) is 2. The summed E-state index contributed by atoms with van der Waals surface area (Å²) >= 11 is 1.69. The van der Waals surface area contributed by atoms with Gasteiger partial charge in [0.1, 0.15) is 0 Å². The zero-order valence-electron chi connectivity index (χ0n) is 11.0. The van der Waals surface area contributed by atoms with Crippen molar-refractivity contribution in [3.8, 4) is 0 Å². The number of primary amides is 1. The Morgan fingerprint density at radius 2 is 2.11 bits per heavy atom. The summed E-state index contributed by atoms with van der Waals surface area (Å²) in [6.45, 7) is 2.09. The molecule has 1 amide bonds. The Bertz CT molecular complexity index is 580. The van der Waals surface area contributed by atoms with Gasteiger partial charge in [0.2, 0.25) is 0 Å². The van der Waals surface area contributed by atoms with Crippen LogP contribution in [-0.4, -0.2) is 13.0 Å². The third-order valence-corrected chi connectivity index (χ3v) is 4.24. The lowest BCUT2D eigenvalue weighted by Gasteiger charge is -2.28. The molecule has 1 unspecified atom stereocenters. The summed E-state index contributed by atoms with van der Waals surface area (Å²) < 4.78 is 0. The maximum atomic E-state index is 11.5. The van der Waals surface area contributed by atoms with E-state index in [0.717, 1.165) is 5.69 Å². The molecule has 0 aliphatic rings. The van der Waals surface area contributed by atoms with Gasteiger partial charge in [0.25, 0.3) is 5.91 Å². The van der Waals surface area contributed by atoms with Crippen molar-refractivity contribution < 1.29 is 4.79 Å². The molecule has 4 nitrogen and oxygen atoms in total. The molecule has 0 aliphatic carbocycles. The average Bonchev–Trinajstić information content (AvgIpc) is 2.90. The molecule has 0 bridgehead atoms. The summed E-state index contributed by atoms with van der Waals surface area (Å²) in [5.41, 5.74) is 12.9. The van der Waals surface area contributed by atoms with Crippen LogP contribution in [0.25, 0.3) is 0 Å². The van der Waals surface area contributed by atoms with Crippen LogP contribution < -0.4 is 16.4 Å². The van der Waals surface area contributed by atoms with Crippen LogP contribution in [0.5, 0.6) is 0 Å². The van der Waals surface area contributed by atoms with Crippen LogP contribution in [0.4, 0.5) is 11.4 Å². The fourth-order valence-electron chi connectivity index (χ4n) is 1.99. The minimum absolute atomic E-state index is 0.168. The largest absolute Gasteiger partial charge is 0.399 e. The standard InChI is InChI=1S/C14H17N3OS/c1-9(13-4-3-7-19-13)17(2)12-6-5-10(15)8-11(12)14(16)18/h3-9H,15H2,1-2H3,(H2,16,18). The highest BCUT2D eigenvalue weighted by Crippen LogP contribution is 2.31. The Kier molecular flexibility index (Phi) is 3.76. The van der Waals surface area contributed by atoms with Crippen LogP contribution in [0.1, 0.15) is 28.2 Å². The average molecular weight is 275 g/mol. The molecule has 2 aromatic rings. The van der Waals surface area contributed by atoms with Gasteiger partial charge < -0.3 is 16.4 Å². The van der Waals surface area contributed by atoms with Crippen LogP contribution in [0.15, 0.2) is 35.7 Å². The van der Waals surface area contributed by atoms with E-state index in [1.54, 1.807) is 23.5 Å². The SMILES string of the molecule is CC(c1cccs1)N(C)c1ccc(N)cc1C(N)=O. The lowest BCUT2D eigenvalue weighted by Crippen LogP contribution is -2.25. The predicted molar refractivity (Wildman–Crippen MR) is 80.5 cm³/mol. The first-order valence-electron chi connectivity index (χ1n) is 5.96. The van der Waals surface area contributed by atoms with Gasteiger partial charge in [-0.3, -0.25) is 4.79 Å². The van der Waals surface area contributed by atoms with Crippen molar-refractivity contribution in [3.63, 3.8) is 0 Å². The molecular formula is C14H17N3OS. The number of rotatable bonds is 4. The van der Waals surface area contributed by atoms with Gasteiger partial charge in [-0.15, -0.1) is 11.3 Å². The second-order valence-corrected chi connectivity index (χ2v) is 5.42. The quantitative estimate of drug-likeness (QED) is 0.842. The molecule has 2 rings (SSSR count). The molecule has 4 N–H and O–H groups in total. The van der Waals surface area contributed by atoms with E-state index in [-0.39, 0.29) is 6.04 Å². The van der Waals surface area contributed by atoms with E-state index in [4.69, 9.17) is 11.5 Å². The number of carbonyl (C=O) groups is 1. The Balaban J connectivity index is 2.38. The molecule has 1 atom stereocenters. The van der Waals surface area contributed by atoms with Gasteiger partial charge in [0.15, 0.2) is 0 Å². The number of thiophene rings is 1. The minimum atomic E-state index is -0.465. The number of amides is 1. The Morgan fingerprint density at radius 3 is 2.68 bits per heavy atom. The van der Waals surface area contributed by atoms with Crippen LogP contribution in [0, 0.1) is 0 Å². The topological polar surface area (TPSA) is 72.3 Å². The molecule has 19 heavy (non-hydrogen) atoms. The summed E-state index contributed by atoms with van der Waals surface area (Å²) in [5.74, 6) is -0.465. The molecule has 0 aliphatic heterocycles. The maximum Gasteiger partial charge on any atom is 0.250 e. The molecule has 100 valence electrons. The van der Waals surface area contributed by atoms with Gasteiger partial charge in [0.05, 0.1) is 11.6 Å². The summed E-state index contributed by atoms with van der Waals surface area (Å²) in [4.78, 5) is 14.8. The lowest BCUT2D eigenvalue weighted by atomic mass is 10.1. The molecule has 1 aromatic heterocycles. The number of benzene rings is 1. The predicted octanol–water partition coefficient (Wildman–Crippen LogP) is 2.63. The summed E-state index contributed by atoms with van der Waals surface area (Å²) in [6, 6.07) is 9.49. The number of nitrogens with two attached hydrogens (primary N) is 2. The minimum Gasteiger partial charge on any atom is -0.399 e. The number of anilines is 2. The third-order valence-electron chi connectivity index (χ3n) is 3.20. The van der Waals surface area contributed by atoms with Gasteiger partial charge in [-0.1, -0.05) is 6.07 Å². The van der Waals surface area contributed by atoms with E-state index >= 15 is 0 Å².